The number of carbonyl (C=O) groups excluding carboxylic acids is 1. The van der Waals surface area contributed by atoms with Crippen LogP contribution in [0.5, 0.6) is 0 Å². The molecule has 6 N–H and O–H groups in total. The Hall–Kier alpha value is -3.37. The van der Waals surface area contributed by atoms with E-state index < -0.39 is 18.0 Å². The topological polar surface area (TPSA) is 185 Å². The van der Waals surface area contributed by atoms with Crippen molar-refractivity contribution < 1.29 is 39.8 Å². The Morgan fingerprint density at radius 2 is 1.88 bits per heavy atom. The van der Waals surface area contributed by atoms with E-state index in [1.165, 1.54) is 19.4 Å². The van der Waals surface area contributed by atoms with Crippen molar-refractivity contribution >= 4 is 17.3 Å². The lowest BCUT2D eigenvalue weighted by molar-refractivity contribution is -0.509. The lowest BCUT2D eigenvalue weighted by Crippen LogP contribution is -2.59. The Balaban J connectivity index is 0.000000350. The summed E-state index contributed by atoms with van der Waals surface area (Å²) in [6.45, 7) is 6.23. The molecule has 0 radical (unpaired) electrons. The first-order chi connectivity index (χ1) is 19.1. The number of pyridine rings is 1. The molecular formula is C26H36N6O8. The number of ether oxygens (including phenoxy) is 2. The molecule has 1 unspecified atom stereocenters. The number of nitrogens with one attached hydrogen (secondary N) is 1. The van der Waals surface area contributed by atoms with Gasteiger partial charge in [0.05, 0.1) is 23.0 Å². The number of carbonyl (C=O) groups is 1. The molecule has 1 atom stereocenters. The third-order valence-corrected chi connectivity index (χ3v) is 6.65. The van der Waals surface area contributed by atoms with Gasteiger partial charge in [0.1, 0.15) is 0 Å². The highest BCUT2D eigenvalue weighted by molar-refractivity contribution is 5.79. The summed E-state index contributed by atoms with van der Waals surface area (Å²) >= 11 is 0. The van der Waals surface area contributed by atoms with Gasteiger partial charge in [0.15, 0.2) is 0 Å². The highest BCUT2D eigenvalue weighted by Crippen LogP contribution is 2.28. The second kappa shape index (κ2) is 12.9. The van der Waals surface area contributed by atoms with Gasteiger partial charge in [-0.2, -0.15) is 5.10 Å². The highest BCUT2D eigenvalue weighted by Gasteiger charge is 2.52. The van der Waals surface area contributed by atoms with E-state index in [9.17, 15) is 15.0 Å². The van der Waals surface area contributed by atoms with Crippen LogP contribution in [-0.4, -0.2) is 115 Å². The van der Waals surface area contributed by atoms with E-state index in [2.05, 4.69) is 27.1 Å². The molecule has 0 saturated carbocycles. The summed E-state index contributed by atoms with van der Waals surface area (Å²) in [6.07, 6.45) is 7.04. The van der Waals surface area contributed by atoms with Crippen LogP contribution < -0.4 is 10.2 Å². The molecule has 0 aliphatic carbocycles. The van der Waals surface area contributed by atoms with Crippen molar-refractivity contribution in [2.24, 2.45) is 0 Å². The zero-order valence-corrected chi connectivity index (χ0v) is 22.3. The number of fused-ring (bicyclic) bond motifs is 1. The van der Waals surface area contributed by atoms with Crippen molar-refractivity contribution in [1.29, 1.82) is 0 Å². The van der Waals surface area contributed by atoms with Gasteiger partial charge in [0.2, 0.25) is 0 Å². The average molecular weight is 561 g/mol. The van der Waals surface area contributed by atoms with E-state index in [1.54, 1.807) is 16.9 Å². The first-order valence-corrected chi connectivity index (χ1v) is 13.1. The molecule has 14 nitrogen and oxygen atoms in total. The maximum atomic E-state index is 12.1. The van der Waals surface area contributed by atoms with Gasteiger partial charge >= 0.3 is 18.0 Å². The Labute approximate surface area is 231 Å². The summed E-state index contributed by atoms with van der Waals surface area (Å²) < 4.78 is 11.4. The standard InChI is InChI=1S/C19H21N5O7.C7H15NO/c25-17(31-19(29,30)18(26,27)28)23-9-7-22(8-10-23)15-4-6-21-24-12-13(11-16(15)24)14-3-1-2-5-20-14;1-2-9-7-4-3-5-8-6-7/h1-6,11-12,26-30H,7-10H2;7-8H,2-6H2,1H3. The van der Waals surface area contributed by atoms with Crippen molar-refractivity contribution in [2.75, 3.05) is 50.8 Å². The maximum Gasteiger partial charge on any atom is 0.414 e. The Morgan fingerprint density at radius 1 is 1.10 bits per heavy atom. The second-order valence-electron chi connectivity index (χ2n) is 9.50. The minimum atomic E-state index is -4.02. The van der Waals surface area contributed by atoms with Gasteiger partial charge in [0.25, 0.3) is 0 Å². The first-order valence-electron chi connectivity index (χ1n) is 13.1. The SMILES string of the molecule is CCOC1CCCNC1.O=C(OC(O)(O)C(O)(O)O)N1CCN(c2ccnn3cc(-c4ccccn4)cc23)CC1. The number of anilines is 1. The second-order valence-corrected chi connectivity index (χ2v) is 9.50. The molecule has 0 aromatic carbocycles. The van der Waals surface area contributed by atoms with E-state index in [0.717, 1.165) is 40.5 Å². The number of aromatic nitrogens is 3. The fraction of sp³-hybridized carbons (Fsp3) is 0.500. The summed E-state index contributed by atoms with van der Waals surface area (Å²) in [5.41, 5.74) is 3.47. The summed E-state index contributed by atoms with van der Waals surface area (Å²) in [6, 6.07) is 9.48. The van der Waals surface area contributed by atoms with Crippen LogP contribution in [0.2, 0.25) is 0 Å². The number of rotatable bonds is 6. The van der Waals surface area contributed by atoms with Crippen molar-refractivity contribution in [2.45, 2.75) is 37.8 Å². The van der Waals surface area contributed by atoms with E-state index in [0.29, 0.717) is 19.2 Å². The minimum absolute atomic E-state index is 0.159. The van der Waals surface area contributed by atoms with Crippen LogP contribution >= 0.6 is 0 Å². The van der Waals surface area contributed by atoms with Gasteiger partial charge in [0, 0.05) is 63.5 Å². The molecule has 0 spiro atoms. The van der Waals surface area contributed by atoms with Gasteiger partial charge < -0.3 is 50.1 Å². The lowest BCUT2D eigenvalue weighted by Gasteiger charge is -2.37. The van der Waals surface area contributed by atoms with Crippen LogP contribution in [0.3, 0.4) is 0 Å². The molecule has 2 fully saturated rings. The minimum Gasteiger partial charge on any atom is -0.385 e. The Kier molecular flexibility index (Phi) is 9.52. The van der Waals surface area contributed by atoms with E-state index in [-0.39, 0.29) is 13.1 Å². The molecule has 2 aliphatic rings. The average Bonchev–Trinajstić information content (AvgIpc) is 3.39. The van der Waals surface area contributed by atoms with Crippen LogP contribution in [0.1, 0.15) is 19.8 Å². The van der Waals surface area contributed by atoms with Gasteiger partial charge in [-0.15, -0.1) is 0 Å². The molecular weight excluding hydrogens is 524 g/mol. The molecule has 1 amide bonds. The zero-order chi connectivity index (χ0) is 28.8. The van der Waals surface area contributed by atoms with Crippen molar-refractivity contribution in [3.8, 4) is 11.3 Å². The number of hydrogen-bond donors (Lipinski definition) is 6. The monoisotopic (exact) mass is 560 g/mol. The van der Waals surface area contributed by atoms with Crippen LogP contribution in [0.4, 0.5) is 10.5 Å². The molecule has 5 rings (SSSR count). The van der Waals surface area contributed by atoms with Crippen molar-refractivity contribution in [1.82, 2.24) is 24.8 Å². The van der Waals surface area contributed by atoms with Crippen molar-refractivity contribution in [3.05, 3.63) is 48.9 Å². The quantitative estimate of drug-likeness (QED) is 0.217. The number of piperidine rings is 1. The predicted molar refractivity (Wildman–Crippen MR) is 143 cm³/mol. The predicted octanol–water partition coefficient (Wildman–Crippen LogP) is -0.301. The summed E-state index contributed by atoms with van der Waals surface area (Å²) in [4.78, 5) is 19.6. The lowest BCUT2D eigenvalue weighted by atomic mass is 10.1. The highest BCUT2D eigenvalue weighted by atomic mass is 16.9. The zero-order valence-electron chi connectivity index (χ0n) is 22.3. The molecule has 2 aliphatic heterocycles. The van der Waals surface area contributed by atoms with E-state index >= 15 is 0 Å². The van der Waals surface area contributed by atoms with Crippen LogP contribution in [0.15, 0.2) is 48.9 Å². The molecule has 14 heteroatoms. The fourth-order valence-electron chi connectivity index (χ4n) is 4.52. The number of hydrogen-bond acceptors (Lipinski definition) is 12. The molecule has 3 aromatic heterocycles. The number of nitrogens with zero attached hydrogens (tertiary/aromatic N) is 5. The third kappa shape index (κ3) is 7.22. The molecule has 218 valence electrons. The largest absolute Gasteiger partial charge is 0.414 e. The number of piperazine rings is 1. The van der Waals surface area contributed by atoms with Crippen LogP contribution in [-0.2, 0) is 9.47 Å². The normalized spacial score (nSPS) is 18.3. The summed E-state index contributed by atoms with van der Waals surface area (Å²) in [5.74, 6) is -7.89. The Morgan fingerprint density at radius 3 is 2.50 bits per heavy atom. The van der Waals surface area contributed by atoms with Gasteiger partial charge in [-0.25, -0.2) is 9.31 Å². The summed E-state index contributed by atoms with van der Waals surface area (Å²) in [7, 11) is 0. The first kappa shape index (κ1) is 29.6. The maximum absolute atomic E-state index is 12.1. The van der Waals surface area contributed by atoms with Gasteiger partial charge in [-0.1, -0.05) is 6.07 Å². The van der Waals surface area contributed by atoms with Gasteiger partial charge in [-0.3, -0.25) is 4.98 Å². The van der Waals surface area contributed by atoms with Gasteiger partial charge in [-0.05, 0) is 50.6 Å². The smallest absolute Gasteiger partial charge is 0.385 e. The Bertz CT molecular complexity index is 1230. The molecule has 5 heterocycles. The molecule has 2 saturated heterocycles. The van der Waals surface area contributed by atoms with Crippen molar-refractivity contribution in [3.63, 3.8) is 0 Å². The number of amides is 1. The fourth-order valence-corrected chi connectivity index (χ4v) is 4.52. The molecule has 40 heavy (non-hydrogen) atoms. The van der Waals surface area contributed by atoms with Crippen LogP contribution in [0.25, 0.3) is 16.8 Å². The molecule has 0 bridgehead atoms. The molecule has 3 aromatic rings. The summed E-state index contributed by atoms with van der Waals surface area (Å²) in [5, 5.41) is 52.8. The van der Waals surface area contributed by atoms with Crippen LogP contribution in [0, 0.1) is 0 Å². The van der Waals surface area contributed by atoms with E-state index in [1.807, 2.05) is 41.4 Å². The van der Waals surface area contributed by atoms with E-state index in [4.69, 9.17) is 20.1 Å². The third-order valence-electron chi connectivity index (χ3n) is 6.65. The number of aliphatic hydroxyl groups is 5.